The van der Waals surface area contributed by atoms with Gasteiger partial charge in [-0.3, -0.25) is 0 Å². The Bertz CT molecular complexity index is 376. The summed E-state index contributed by atoms with van der Waals surface area (Å²) >= 11 is 1.56. The molecule has 0 saturated carbocycles. The number of ether oxygens (including phenoxy) is 4. The van der Waals surface area contributed by atoms with Crippen molar-refractivity contribution in [1.82, 2.24) is 0 Å². The van der Waals surface area contributed by atoms with E-state index in [1.54, 1.807) is 11.3 Å². The Hall–Kier alpha value is -1.62. The lowest BCUT2D eigenvalue weighted by Crippen LogP contribution is -2.41. The van der Waals surface area contributed by atoms with Crippen LogP contribution in [0, 0.1) is 5.41 Å². The second-order valence-electron chi connectivity index (χ2n) is 4.13. The molecule has 1 aromatic heterocycles. The second kappa shape index (κ2) is 5.82. The Morgan fingerprint density at radius 2 is 1.61 bits per heavy atom. The van der Waals surface area contributed by atoms with Gasteiger partial charge < -0.3 is 18.9 Å². The molecule has 0 spiro atoms. The normalized spacial score (nSPS) is 16.4. The van der Waals surface area contributed by atoms with Gasteiger partial charge in [0.25, 0.3) is 0 Å². The molecule has 5 heteroatoms. The van der Waals surface area contributed by atoms with Crippen LogP contribution in [0.25, 0.3) is 0 Å². The third-order valence-corrected chi connectivity index (χ3v) is 3.38. The minimum atomic E-state index is -0.362. The maximum atomic E-state index is 5.76. The van der Waals surface area contributed by atoms with E-state index in [4.69, 9.17) is 18.9 Å². The lowest BCUT2D eigenvalue weighted by molar-refractivity contribution is -0.0164. The zero-order valence-corrected chi connectivity index (χ0v) is 10.9. The van der Waals surface area contributed by atoms with Gasteiger partial charge in [0.15, 0.2) is 11.5 Å². The van der Waals surface area contributed by atoms with Crippen LogP contribution in [-0.4, -0.2) is 26.4 Å². The molecular formula is C13H16O4S. The van der Waals surface area contributed by atoms with E-state index in [0.717, 1.165) is 11.5 Å². The molecule has 2 heterocycles. The van der Waals surface area contributed by atoms with Gasteiger partial charge in [-0.25, -0.2) is 0 Å². The number of hydrogen-bond acceptors (Lipinski definition) is 5. The van der Waals surface area contributed by atoms with Crippen LogP contribution < -0.4 is 9.47 Å². The summed E-state index contributed by atoms with van der Waals surface area (Å²) in [4.78, 5) is 0. The highest BCUT2D eigenvalue weighted by Gasteiger charge is 2.37. The van der Waals surface area contributed by atoms with E-state index in [1.165, 1.54) is 12.5 Å². The predicted molar refractivity (Wildman–Crippen MR) is 70.0 cm³/mol. The first-order valence-corrected chi connectivity index (χ1v) is 6.51. The Labute approximate surface area is 110 Å². The number of fused-ring (bicyclic) bond motifs is 1. The molecule has 1 aromatic rings. The van der Waals surface area contributed by atoms with Crippen molar-refractivity contribution in [3.8, 4) is 11.5 Å². The summed E-state index contributed by atoms with van der Waals surface area (Å²) in [6.45, 7) is 8.89. The van der Waals surface area contributed by atoms with E-state index >= 15 is 0 Å². The fourth-order valence-corrected chi connectivity index (χ4v) is 2.35. The van der Waals surface area contributed by atoms with Gasteiger partial charge in [0.05, 0.1) is 12.5 Å². The van der Waals surface area contributed by atoms with Crippen molar-refractivity contribution in [3.05, 3.63) is 36.4 Å². The van der Waals surface area contributed by atoms with Crippen LogP contribution in [0.2, 0.25) is 0 Å². The minimum absolute atomic E-state index is 0.362. The monoisotopic (exact) mass is 268 g/mol. The van der Waals surface area contributed by atoms with Gasteiger partial charge >= 0.3 is 0 Å². The molecule has 0 saturated heterocycles. The lowest BCUT2D eigenvalue weighted by Gasteiger charge is -2.29. The molecule has 0 aromatic carbocycles. The zero-order chi connectivity index (χ0) is 12.8. The Morgan fingerprint density at radius 1 is 1.11 bits per heavy atom. The maximum Gasteiger partial charge on any atom is 0.171 e. The van der Waals surface area contributed by atoms with Gasteiger partial charge in [-0.1, -0.05) is 13.2 Å². The maximum absolute atomic E-state index is 5.76. The van der Waals surface area contributed by atoms with E-state index in [-0.39, 0.29) is 5.41 Å². The summed E-state index contributed by atoms with van der Waals surface area (Å²) in [7, 11) is 0. The van der Waals surface area contributed by atoms with Gasteiger partial charge in [0, 0.05) is 10.8 Å². The molecule has 4 nitrogen and oxygen atoms in total. The summed E-state index contributed by atoms with van der Waals surface area (Å²) in [6, 6.07) is 0. The summed E-state index contributed by atoms with van der Waals surface area (Å²) in [5, 5.41) is 3.85. The highest BCUT2D eigenvalue weighted by Crippen LogP contribution is 2.37. The molecule has 0 fully saturated rings. The molecule has 98 valence electrons. The first kappa shape index (κ1) is 12.8. The summed E-state index contributed by atoms with van der Waals surface area (Å²) in [5.41, 5.74) is -0.362. The van der Waals surface area contributed by atoms with E-state index in [2.05, 4.69) is 13.2 Å². The third kappa shape index (κ3) is 2.79. The number of rotatable bonds is 6. The van der Waals surface area contributed by atoms with E-state index in [9.17, 15) is 0 Å². The Morgan fingerprint density at radius 3 is 2.06 bits per heavy atom. The van der Waals surface area contributed by atoms with Gasteiger partial charge in [-0.2, -0.15) is 0 Å². The second-order valence-corrected chi connectivity index (χ2v) is 4.88. The molecule has 0 atom stereocenters. The topological polar surface area (TPSA) is 36.9 Å². The highest BCUT2D eigenvalue weighted by atomic mass is 32.1. The van der Waals surface area contributed by atoms with Gasteiger partial charge in [0.2, 0.25) is 0 Å². The molecular weight excluding hydrogens is 252 g/mol. The first-order valence-electron chi connectivity index (χ1n) is 5.56. The average Bonchev–Trinajstić information content (AvgIpc) is 2.78. The standard InChI is InChI=1S/C13H16O4S/c1-3-14-7-13(8-15-4-2)9-16-11-5-18-6-12(11)17-10-13/h3-6H,1-2,7-10H2. The quantitative estimate of drug-likeness (QED) is 0.743. The zero-order valence-electron chi connectivity index (χ0n) is 10.1. The van der Waals surface area contributed by atoms with Crippen molar-refractivity contribution in [2.75, 3.05) is 26.4 Å². The van der Waals surface area contributed by atoms with Gasteiger partial charge in [-0.15, -0.1) is 11.3 Å². The highest BCUT2D eigenvalue weighted by molar-refractivity contribution is 7.08. The van der Waals surface area contributed by atoms with Crippen molar-refractivity contribution >= 4 is 11.3 Å². The molecule has 2 rings (SSSR count). The van der Waals surface area contributed by atoms with Crippen LogP contribution in [0.1, 0.15) is 0 Å². The van der Waals surface area contributed by atoms with Gasteiger partial charge in [-0.05, 0) is 0 Å². The van der Waals surface area contributed by atoms with E-state index < -0.39 is 0 Å². The van der Waals surface area contributed by atoms with Crippen molar-refractivity contribution in [1.29, 1.82) is 0 Å². The molecule has 0 aliphatic carbocycles. The van der Waals surface area contributed by atoms with Gasteiger partial charge in [0.1, 0.15) is 31.8 Å². The van der Waals surface area contributed by atoms with Crippen LogP contribution in [0.3, 0.4) is 0 Å². The Kier molecular flexibility index (Phi) is 4.15. The van der Waals surface area contributed by atoms with Crippen LogP contribution >= 0.6 is 11.3 Å². The molecule has 0 amide bonds. The molecule has 0 N–H and O–H groups in total. The lowest BCUT2D eigenvalue weighted by atomic mass is 9.92. The van der Waals surface area contributed by atoms with E-state index in [0.29, 0.717) is 26.4 Å². The predicted octanol–water partition coefficient (Wildman–Crippen LogP) is 2.83. The summed E-state index contributed by atoms with van der Waals surface area (Å²) < 4.78 is 22.1. The summed E-state index contributed by atoms with van der Waals surface area (Å²) in [5.74, 6) is 1.55. The molecule has 1 aliphatic rings. The smallest absolute Gasteiger partial charge is 0.171 e. The van der Waals surface area contributed by atoms with E-state index in [1.807, 2.05) is 10.8 Å². The van der Waals surface area contributed by atoms with Crippen LogP contribution in [-0.2, 0) is 9.47 Å². The molecule has 0 bridgehead atoms. The largest absolute Gasteiger partial charge is 0.501 e. The van der Waals surface area contributed by atoms with Crippen LogP contribution in [0.5, 0.6) is 11.5 Å². The first-order chi connectivity index (χ1) is 8.79. The molecule has 1 aliphatic heterocycles. The van der Waals surface area contributed by atoms with Crippen molar-refractivity contribution in [2.24, 2.45) is 5.41 Å². The average molecular weight is 268 g/mol. The van der Waals surface area contributed by atoms with Crippen molar-refractivity contribution < 1.29 is 18.9 Å². The SMILES string of the molecule is C=COCC1(COC=C)COc2cscc2OC1. The van der Waals surface area contributed by atoms with Crippen molar-refractivity contribution in [3.63, 3.8) is 0 Å². The summed E-state index contributed by atoms with van der Waals surface area (Å²) in [6.07, 6.45) is 2.82. The van der Waals surface area contributed by atoms with Crippen molar-refractivity contribution in [2.45, 2.75) is 0 Å². The number of hydrogen-bond donors (Lipinski definition) is 0. The fourth-order valence-electron chi connectivity index (χ4n) is 1.67. The molecule has 0 unspecified atom stereocenters. The van der Waals surface area contributed by atoms with Crippen LogP contribution in [0.4, 0.5) is 0 Å². The van der Waals surface area contributed by atoms with Crippen LogP contribution in [0.15, 0.2) is 36.4 Å². The third-order valence-electron chi connectivity index (χ3n) is 2.68. The fraction of sp³-hybridized carbons (Fsp3) is 0.385. The number of thiophene rings is 1. The molecule has 18 heavy (non-hydrogen) atoms. The molecule has 0 radical (unpaired) electrons. The Balaban J connectivity index is 2.08. The minimum Gasteiger partial charge on any atom is -0.501 e.